The molecule has 19 heavy (non-hydrogen) atoms. The third-order valence-corrected chi connectivity index (χ3v) is 3.52. The van der Waals surface area contributed by atoms with Crippen molar-refractivity contribution < 1.29 is 9.18 Å². The molecule has 0 radical (unpaired) electrons. The van der Waals surface area contributed by atoms with Crippen molar-refractivity contribution in [3.8, 4) is 0 Å². The van der Waals surface area contributed by atoms with Crippen molar-refractivity contribution in [1.82, 2.24) is 0 Å². The highest BCUT2D eigenvalue weighted by atomic mass is 32.2. The van der Waals surface area contributed by atoms with Crippen molar-refractivity contribution >= 4 is 23.4 Å². The second-order valence-electron chi connectivity index (χ2n) is 4.14. The first-order valence-corrected chi connectivity index (χ1v) is 7.04. The van der Waals surface area contributed by atoms with Gasteiger partial charge >= 0.3 is 0 Å². The molecule has 2 nitrogen and oxygen atoms in total. The summed E-state index contributed by atoms with van der Waals surface area (Å²) in [6.45, 7) is 1.89. The van der Waals surface area contributed by atoms with Crippen LogP contribution in [0.5, 0.6) is 0 Å². The van der Waals surface area contributed by atoms with Gasteiger partial charge in [0.15, 0.2) is 0 Å². The lowest BCUT2D eigenvalue weighted by atomic mass is 10.1. The summed E-state index contributed by atoms with van der Waals surface area (Å²) in [7, 11) is 0. The molecule has 2 aromatic carbocycles. The number of nitrogens with one attached hydrogen (secondary N) is 1. The Kier molecular flexibility index (Phi) is 4.22. The van der Waals surface area contributed by atoms with Gasteiger partial charge in [-0.2, -0.15) is 0 Å². The number of hydrogen-bond acceptors (Lipinski definition) is 2. The summed E-state index contributed by atoms with van der Waals surface area (Å²) in [6.07, 6.45) is 1.96. The minimum Gasteiger partial charge on any atom is -0.322 e. The molecule has 0 spiro atoms. The van der Waals surface area contributed by atoms with Crippen LogP contribution in [-0.2, 0) is 0 Å². The van der Waals surface area contributed by atoms with Gasteiger partial charge in [0.25, 0.3) is 5.91 Å². The number of halogens is 1. The Bertz CT molecular complexity index is 596. The number of benzene rings is 2. The van der Waals surface area contributed by atoms with Gasteiger partial charge in [-0.25, -0.2) is 4.39 Å². The van der Waals surface area contributed by atoms with Crippen LogP contribution in [-0.4, -0.2) is 12.2 Å². The lowest BCUT2D eigenvalue weighted by molar-refractivity contribution is 0.102. The molecule has 0 saturated carbocycles. The van der Waals surface area contributed by atoms with Gasteiger partial charge in [-0.15, -0.1) is 11.8 Å². The predicted octanol–water partition coefficient (Wildman–Crippen LogP) is 4.11. The minimum atomic E-state index is -0.321. The number of aryl methyl sites for hydroxylation is 1. The molecular weight excluding hydrogens is 261 g/mol. The molecule has 2 rings (SSSR count). The Hall–Kier alpha value is -1.81. The SMILES string of the molecule is CSc1ccc(C)c(C(=O)Nc2ccc(F)cc2)c1. The standard InChI is InChI=1S/C15H14FNOS/c1-10-3-8-13(19-2)9-14(10)15(18)17-12-6-4-11(16)5-7-12/h3-9H,1-2H3,(H,17,18). The fraction of sp³-hybridized carbons (Fsp3) is 0.133. The number of rotatable bonds is 3. The predicted molar refractivity (Wildman–Crippen MR) is 77.3 cm³/mol. The summed E-state index contributed by atoms with van der Waals surface area (Å²) in [5, 5.41) is 2.76. The summed E-state index contributed by atoms with van der Waals surface area (Å²) in [5.41, 5.74) is 2.13. The molecule has 1 N–H and O–H groups in total. The van der Waals surface area contributed by atoms with Gasteiger partial charge in [0.05, 0.1) is 0 Å². The Morgan fingerprint density at radius 3 is 2.47 bits per heavy atom. The van der Waals surface area contributed by atoms with E-state index < -0.39 is 0 Å². The van der Waals surface area contributed by atoms with Gasteiger partial charge in [-0.05, 0) is 55.1 Å². The van der Waals surface area contributed by atoms with Crippen molar-refractivity contribution in [3.05, 3.63) is 59.4 Å². The minimum absolute atomic E-state index is 0.181. The molecule has 0 fully saturated rings. The molecule has 0 bridgehead atoms. The van der Waals surface area contributed by atoms with Gasteiger partial charge < -0.3 is 5.32 Å². The van der Waals surface area contributed by atoms with Crippen LogP contribution in [0.2, 0.25) is 0 Å². The van der Waals surface area contributed by atoms with Crippen LogP contribution in [0.4, 0.5) is 10.1 Å². The Labute approximate surface area is 116 Å². The zero-order valence-electron chi connectivity index (χ0n) is 10.7. The summed E-state index contributed by atoms with van der Waals surface area (Å²) >= 11 is 1.59. The average Bonchev–Trinajstić information content (AvgIpc) is 2.42. The maximum Gasteiger partial charge on any atom is 0.255 e. The van der Waals surface area contributed by atoms with E-state index in [9.17, 15) is 9.18 Å². The summed E-state index contributed by atoms with van der Waals surface area (Å²) in [4.78, 5) is 13.2. The molecule has 0 atom stereocenters. The van der Waals surface area contributed by atoms with Gasteiger partial charge in [-0.1, -0.05) is 6.07 Å². The van der Waals surface area contributed by atoms with Crippen molar-refractivity contribution in [2.75, 3.05) is 11.6 Å². The van der Waals surface area contributed by atoms with Gasteiger partial charge in [0.1, 0.15) is 5.82 Å². The fourth-order valence-electron chi connectivity index (χ4n) is 1.70. The quantitative estimate of drug-likeness (QED) is 0.854. The first-order valence-electron chi connectivity index (χ1n) is 5.81. The van der Waals surface area contributed by atoms with E-state index in [0.29, 0.717) is 11.3 Å². The van der Waals surface area contributed by atoms with E-state index >= 15 is 0 Å². The zero-order valence-corrected chi connectivity index (χ0v) is 11.6. The number of anilines is 1. The monoisotopic (exact) mass is 275 g/mol. The molecule has 0 aliphatic carbocycles. The molecule has 2 aromatic rings. The van der Waals surface area contributed by atoms with Crippen molar-refractivity contribution in [3.63, 3.8) is 0 Å². The number of amides is 1. The maximum absolute atomic E-state index is 12.8. The molecule has 0 aromatic heterocycles. The fourth-order valence-corrected chi connectivity index (χ4v) is 2.14. The van der Waals surface area contributed by atoms with Crippen LogP contribution in [0, 0.1) is 12.7 Å². The topological polar surface area (TPSA) is 29.1 Å². The molecule has 0 aliphatic heterocycles. The van der Waals surface area contributed by atoms with E-state index in [1.54, 1.807) is 23.9 Å². The Morgan fingerprint density at radius 1 is 1.16 bits per heavy atom. The number of carbonyl (C=O) groups excluding carboxylic acids is 1. The smallest absolute Gasteiger partial charge is 0.255 e. The maximum atomic E-state index is 12.8. The van der Waals surface area contributed by atoms with Crippen LogP contribution in [0.1, 0.15) is 15.9 Å². The third kappa shape index (κ3) is 3.35. The number of hydrogen-bond donors (Lipinski definition) is 1. The molecule has 0 heterocycles. The highest BCUT2D eigenvalue weighted by Gasteiger charge is 2.10. The highest BCUT2D eigenvalue weighted by Crippen LogP contribution is 2.20. The zero-order chi connectivity index (χ0) is 13.8. The molecule has 0 saturated heterocycles. The van der Waals surface area contributed by atoms with Crippen LogP contribution in [0.15, 0.2) is 47.4 Å². The summed E-state index contributed by atoms with van der Waals surface area (Å²) in [5.74, 6) is -0.501. The lowest BCUT2D eigenvalue weighted by Crippen LogP contribution is -2.13. The van der Waals surface area contributed by atoms with E-state index in [1.807, 2.05) is 31.4 Å². The summed E-state index contributed by atoms with van der Waals surface area (Å²) < 4.78 is 12.8. The number of thioether (sulfide) groups is 1. The first kappa shape index (κ1) is 13.6. The number of carbonyl (C=O) groups is 1. The van der Waals surface area contributed by atoms with E-state index in [-0.39, 0.29) is 11.7 Å². The summed E-state index contributed by atoms with van der Waals surface area (Å²) in [6, 6.07) is 11.5. The lowest BCUT2D eigenvalue weighted by Gasteiger charge is -2.09. The second kappa shape index (κ2) is 5.89. The van der Waals surface area contributed by atoms with Gasteiger partial charge in [0, 0.05) is 16.1 Å². The third-order valence-electron chi connectivity index (χ3n) is 2.79. The van der Waals surface area contributed by atoms with E-state index in [0.717, 1.165) is 10.5 Å². The van der Waals surface area contributed by atoms with E-state index in [4.69, 9.17) is 0 Å². The first-order chi connectivity index (χ1) is 9.10. The van der Waals surface area contributed by atoms with E-state index in [2.05, 4.69) is 5.32 Å². The van der Waals surface area contributed by atoms with Gasteiger partial charge in [0.2, 0.25) is 0 Å². The van der Waals surface area contributed by atoms with Crippen LogP contribution in [0.25, 0.3) is 0 Å². The van der Waals surface area contributed by atoms with Crippen molar-refractivity contribution in [2.24, 2.45) is 0 Å². The van der Waals surface area contributed by atoms with Crippen LogP contribution >= 0.6 is 11.8 Å². The van der Waals surface area contributed by atoms with Crippen molar-refractivity contribution in [1.29, 1.82) is 0 Å². The molecule has 0 unspecified atom stereocenters. The molecular formula is C15H14FNOS. The highest BCUT2D eigenvalue weighted by molar-refractivity contribution is 7.98. The normalized spacial score (nSPS) is 10.3. The average molecular weight is 275 g/mol. The molecule has 0 aliphatic rings. The molecule has 1 amide bonds. The Balaban J connectivity index is 2.22. The Morgan fingerprint density at radius 2 is 1.84 bits per heavy atom. The van der Waals surface area contributed by atoms with Crippen LogP contribution < -0.4 is 5.32 Å². The van der Waals surface area contributed by atoms with Gasteiger partial charge in [-0.3, -0.25) is 4.79 Å². The second-order valence-corrected chi connectivity index (χ2v) is 5.02. The molecule has 98 valence electrons. The van der Waals surface area contributed by atoms with Crippen LogP contribution in [0.3, 0.4) is 0 Å². The van der Waals surface area contributed by atoms with E-state index in [1.165, 1.54) is 12.1 Å². The van der Waals surface area contributed by atoms with Crippen molar-refractivity contribution in [2.45, 2.75) is 11.8 Å². The largest absolute Gasteiger partial charge is 0.322 e. The molecule has 4 heteroatoms.